The highest BCUT2D eigenvalue weighted by Gasteiger charge is 2.22. The average molecular weight is 500 g/mol. The van der Waals surface area contributed by atoms with E-state index >= 15 is 0 Å². The van der Waals surface area contributed by atoms with Crippen molar-refractivity contribution in [3.8, 4) is 22.8 Å². The van der Waals surface area contributed by atoms with Crippen molar-refractivity contribution >= 4 is 23.4 Å². The molecule has 0 bridgehead atoms. The molecule has 0 radical (unpaired) electrons. The summed E-state index contributed by atoms with van der Waals surface area (Å²) in [7, 11) is 1.67. The fourth-order valence-corrected chi connectivity index (χ4v) is 5.24. The molecule has 0 N–H and O–H groups in total. The molecule has 1 amide bonds. The first-order valence-corrected chi connectivity index (χ1v) is 13.1. The van der Waals surface area contributed by atoms with Gasteiger partial charge in [-0.3, -0.25) is 9.36 Å². The number of nitrogens with zero attached hydrogens (tertiary/aromatic N) is 5. The van der Waals surface area contributed by atoms with Crippen LogP contribution in [0.3, 0.4) is 0 Å². The normalized spacial score (nSPS) is 13.9. The number of aromatic nitrogens is 3. The third-order valence-electron chi connectivity index (χ3n) is 6.29. The number of methoxy groups -OCH3 is 1. The van der Waals surface area contributed by atoms with E-state index in [0.29, 0.717) is 17.5 Å². The second-order valence-electron chi connectivity index (χ2n) is 8.55. The molecule has 3 aromatic carbocycles. The Balaban J connectivity index is 1.27. The maximum absolute atomic E-state index is 13.2. The summed E-state index contributed by atoms with van der Waals surface area (Å²) in [6.45, 7) is 3.19. The van der Waals surface area contributed by atoms with Crippen LogP contribution in [0, 0.1) is 0 Å². The highest BCUT2D eigenvalue weighted by molar-refractivity contribution is 7.99. The highest BCUT2D eigenvalue weighted by Crippen LogP contribution is 2.28. The number of para-hydroxylation sites is 1. The minimum absolute atomic E-state index is 0.125. The maximum atomic E-state index is 13.2. The van der Waals surface area contributed by atoms with E-state index in [2.05, 4.69) is 27.2 Å². The van der Waals surface area contributed by atoms with Gasteiger partial charge in [0.05, 0.1) is 12.9 Å². The van der Waals surface area contributed by atoms with E-state index < -0.39 is 0 Å². The van der Waals surface area contributed by atoms with Crippen LogP contribution in [0.1, 0.15) is 6.42 Å². The maximum Gasteiger partial charge on any atom is 0.233 e. The molecule has 1 aliphatic heterocycles. The number of amides is 1. The number of thioether (sulfide) groups is 1. The van der Waals surface area contributed by atoms with Gasteiger partial charge in [0.15, 0.2) is 11.0 Å². The molecule has 1 aromatic heterocycles. The lowest BCUT2D eigenvalue weighted by molar-refractivity contribution is -0.128. The smallest absolute Gasteiger partial charge is 0.233 e. The standard InChI is InChI=1S/C28H29N5O2S/c1-35-25-15-13-23(14-16-25)31-17-8-18-32(20-19-31)26(34)21-36-28-30-29-27(22-9-4-2-5-10-22)33(28)24-11-6-3-7-12-24/h2-7,9-16H,8,17-21H2,1H3. The topological polar surface area (TPSA) is 63.5 Å². The van der Waals surface area contributed by atoms with Gasteiger partial charge in [0.25, 0.3) is 0 Å². The molecular formula is C28H29N5O2S. The van der Waals surface area contributed by atoms with Crippen molar-refractivity contribution in [3.63, 3.8) is 0 Å². The van der Waals surface area contributed by atoms with E-state index in [4.69, 9.17) is 4.74 Å². The van der Waals surface area contributed by atoms with Gasteiger partial charge in [-0.25, -0.2) is 0 Å². The molecule has 0 aliphatic carbocycles. The van der Waals surface area contributed by atoms with Crippen LogP contribution in [0.4, 0.5) is 5.69 Å². The predicted molar refractivity (Wildman–Crippen MR) is 144 cm³/mol. The van der Waals surface area contributed by atoms with Crippen LogP contribution >= 0.6 is 11.8 Å². The Morgan fingerprint density at radius 1 is 0.833 bits per heavy atom. The molecule has 1 fully saturated rings. The first-order valence-electron chi connectivity index (χ1n) is 12.1. The number of hydrogen-bond acceptors (Lipinski definition) is 6. The molecule has 0 saturated carbocycles. The molecule has 1 saturated heterocycles. The number of anilines is 1. The first-order chi connectivity index (χ1) is 17.7. The summed E-state index contributed by atoms with van der Waals surface area (Å²) < 4.78 is 7.30. The lowest BCUT2D eigenvalue weighted by Crippen LogP contribution is -2.36. The third kappa shape index (κ3) is 5.39. The summed E-state index contributed by atoms with van der Waals surface area (Å²) >= 11 is 1.44. The second kappa shape index (κ2) is 11.3. The molecule has 36 heavy (non-hydrogen) atoms. The molecule has 0 unspecified atom stereocenters. The van der Waals surface area contributed by atoms with Crippen molar-refractivity contribution in [3.05, 3.63) is 84.9 Å². The van der Waals surface area contributed by atoms with Gasteiger partial charge in [0.2, 0.25) is 5.91 Å². The Morgan fingerprint density at radius 2 is 1.56 bits per heavy atom. The van der Waals surface area contributed by atoms with E-state index in [1.807, 2.05) is 82.3 Å². The fraction of sp³-hybridized carbons (Fsp3) is 0.250. The number of rotatable bonds is 7. The lowest BCUT2D eigenvalue weighted by atomic mass is 10.2. The Bertz CT molecular complexity index is 1280. The van der Waals surface area contributed by atoms with Crippen molar-refractivity contribution < 1.29 is 9.53 Å². The SMILES string of the molecule is COc1ccc(N2CCCN(C(=O)CSc3nnc(-c4ccccc4)n3-c3ccccc3)CC2)cc1. The van der Waals surface area contributed by atoms with Crippen LogP contribution in [0.5, 0.6) is 5.75 Å². The van der Waals surface area contributed by atoms with E-state index in [1.165, 1.54) is 11.8 Å². The van der Waals surface area contributed by atoms with Gasteiger partial charge >= 0.3 is 0 Å². The largest absolute Gasteiger partial charge is 0.497 e. The fourth-order valence-electron chi connectivity index (χ4n) is 4.38. The minimum atomic E-state index is 0.125. The van der Waals surface area contributed by atoms with Crippen LogP contribution in [0.15, 0.2) is 90.1 Å². The summed E-state index contributed by atoms with van der Waals surface area (Å²) in [4.78, 5) is 17.5. The van der Waals surface area contributed by atoms with Gasteiger partial charge in [-0.2, -0.15) is 0 Å². The van der Waals surface area contributed by atoms with Crippen molar-refractivity contribution in [2.24, 2.45) is 0 Å². The molecule has 1 aliphatic rings. The Labute approximate surface area is 215 Å². The zero-order chi connectivity index (χ0) is 24.7. The Hall–Kier alpha value is -3.78. The third-order valence-corrected chi connectivity index (χ3v) is 7.20. The van der Waals surface area contributed by atoms with Gasteiger partial charge in [-0.1, -0.05) is 60.3 Å². The van der Waals surface area contributed by atoms with E-state index in [1.54, 1.807) is 7.11 Å². The Kier molecular flexibility index (Phi) is 7.52. The molecule has 2 heterocycles. The molecule has 0 spiro atoms. The van der Waals surface area contributed by atoms with Gasteiger partial charge in [-0.05, 0) is 42.8 Å². The first kappa shape index (κ1) is 23.9. The van der Waals surface area contributed by atoms with Crippen molar-refractivity contribution in [2.75, 3.05) is 43.9 Å². The van der Waals surface area contributed by atoms with Gasteiger partial charge in [0, 0.05) is 43.1 Å². The molecule has 8 heteroatoms. The zero-order valence-corrected chi connectivity index (χ0v) is 21.1. The summed E-state index contributed by atoms with van der Waals surface area (Å²) in [5, 5.41) is 9.64. The number of benzene rings is 3. The van der Waals surface area contributed by atoms with E-state index in [0.717, 1.165) is 54.6 Å². The average Bonchev–Trinajstić information content (AvgIpc) is 3.21. The monoisotopic (exact) mass is 499 g/mol. The summed E-state index contributed by atoms with van der Waals surface area (Å²) in [6, 6.07) is 28.2. The lowest BCUT2D eigenvalue weighted by Gasteiger charge is -2.24. The zero-order valence-electron chi connectivity index (χ0n) is 20.3. The van der Waals surface area contributed by atoms with Gasteiger partial charge in [0.1, 0.15) is 5.75 Å². The van der Waals surface area contributed by atoms with Crippen LogP contribution in [0.2, 0.25) is 0 Å². The van der Waals surface area contributed by atoms with E-state index in [9.17, 15) is 4.79 Å². The van der Waals surface area contributed by atoms with Crippen molar-refractivity contribution in [1.29, 1.82) is 0 Å². The van der Waals surface area contributed by atoms with Crippen LogP contribution in [-0.4, -0.2) is 64.6 Å². The van der Waals surface area contributed by atoms with Crippen LogP contribution < -0.4 is 9.64 Å². The molecule has 5 rings (SSSR count). The van der Waals surface area contributed by atoms with Crippen LogP contribution in [0.25, 0.3) is 17.1 Å². The molecule has 184 valence electrons. The summed E-state index contributed by atoms with van der Waals surface area (Å²) in [5.41, 5.74) is 3.11. The molecule has 0 atom stereocenters. The number of carbonyl (C=O) groups excluding carboxylic acids is 1. The summed E-state index contributed by atoms with van der Waals surface area (Å²) in [6.07, 6.45) is 0.931. The number of hydrogen-bond donors (Lipinski definition) is 0. The van der Waals surface area contributed by atoms with Gasteiger partial charge < -0.3 is 14.5 Å². The second-order valence-corrected chi connectivity index (χ2v) is 9.49. The molecule has 4 aromatic rings. The number of ether oxygens (including phenoxy) is 1. The summed E-state index contributed by atoms with van der Waals surface area (Å²) in [5.74, 6) is 2.06. The molecular weight excluding hydrogens is 470 g/mol. The van der Waals surface area contributed by atoms with E-state index in [-0.39, 0.29) is 5.91 Å². The quantitative estimate of drug-likeness (QED) is 0.341. The predicted octanol–water partition coefficient (Wildman–Crippen LogP) is 4.77. The Morgan fingerprint density at radius 3 is 2.28 bits per heavy atom. The van der Waals surface area contributed by atoms with Crippen molar-refractivity contribution in [1.82, 2.24) is 19.7 Å². The highest BCUT2D eigenvalue weighted by atomic mass is 32.2. The van der Waals surface area contributed by atoms with Crippen LogP contribution in [-0.2, 0) is 4.79 Å². The number of carbonyl (C=O) groups is 1. The molecule has 7 nitrogen and oxygen atoms in total. The van der Waals surface area contributed by atoms with Gasteiger partial charge in [-0.15, -0.1) is 10.2 Å². The van der Waals surface area contributed by atoms with Crippen molar-refractivity contribution in [2.45, 2.75) is 11.6 Å². The minimum Gasteiger partial charge on any atom is -0.497 e.